The van der Waals surface area contributed by atoms with Gasteiger partial charge in [0, 0.05) is 88.3 Å². The standard InChI is InChI=1S/C58H67FN8O8S/c1-37(2)45-6-4-5-7-46(45)52-36-64(35-39-8-9-40-16-25-74-53(40)26-39)23-24-66(52)42-30-58(31-42)19-21-65(22-20-58)41-10-12-47(54(27-41)75-43-28-48-49(59)34-62-55(48)61-33-43)56(68)63-76(72,73)44-11-13-50(51(29-44)67(70)71)60-32-38-14-17-57(3,69)18-15-38/h4-13,26-29,33-34,37-38,42,52,60,69H,14-25,30-32,35-36H2,1-3H3,(H,61,62)(H,63,68)/t38?,52-,57?/m0/s1. The number of piperidine rings is 1. The van der Waals surface area contributed by atoms with E-state index in [4.69, 9.17) is 9.47 Å². The van der Waals surface area contributed by atoms with E-state index in [1.165, 1.54) is 58.9 Å². The van der Waals surface area contributed by atoms with Crippen molar-refractivity contribution in [1.29, 1.82) is 0 Å². The van der Waals surface area contributed by atoms with E-state index in [0.29, 0.717) is 37.0 Å². The zero-order valence-corrected chi connectivity index (χ0v) is 44.2. The number of benzene rings is 4. The molecule has 2 aliphatic carbocycles. The number of aromatic amines is 1. The molecule has 1 spiro atoms. The number of fused-ring (bicyclic) bond motifs is 2. The Kier molecular flexibility index (Phi) is 14.1. The van der Waals surface area contributed by atoms with Gasteiger partial charge in [0.2, 0.25) is 0 Å². The smallest absolute Gasteiger partial charge is 0.293 e. The highest BCUT2D eigenvalue weighted by Gasteiger charge is 2.50. The second kappa shape index (κ2) is 20.7. The number of hydrogen-bond acceptors (Lipinski definition) is 13. The Bertz CT molecular complexity index is 3270. The second-order valence-corrected chi connectivity index (χ2v) is 24.2. The number of nitro benzene ring substituents is 1. The number of anilines is 2. The molecule has 2 aromatic heterocycles. The third kappa shape index (κ3) is 10.7. The molecule has 2 saturated carbocycles. The van der Waals surface area contributed by atoms with Crippen LogP contribution in [0.25, 0.3) is 11.0 Å². The van der Waals surface area contributed by atoms with Crippen molar-refractivity contribution >= 4 is 44.0 Å². The first kappa shape index (κ1) is 51.5. The molecule has 0 unspecified atom stereocenters. The van der Waals surface area contributed by atoms with E-state index in [-0.39, 0.29) is 45.5 Å². The second-order valence-electron chi connectivity index (χ2n) is 22.5. The molecule has 5 aliphatic rings. The molecule has 16 nitrogen and oxygen atoms in total. The van der Waals surface area contributed by atoms with E-state index in [1.807, 2.05) is 0 Å². The lowest BCUT2D eigenvalue weighted by molar-refractivity contribution is -0.384. The van der Waals surface area contributed by atoms with Crippen LogP contribution in [0.2, 0.25) is 0 Å². The molecular formula is C58H67FN8O8S. The van der Waals surface area contributed by atoms with Crippen molar-refractivity contribution in [3.05, 3.63) is 141 Å². The van der Waals surface area contributed by atoms with Gasteiger partial charge in [0.25, 0.3) is 21.6 Å². The Morgan fingerprint density at radius 1 is 1.00 bits per heavy atom. The Labute approximate surface area is 443 Å². The fraction of sp³-hybridized carbons (Fsp3) is 0.448. The highest BCUT2D eigenvalue weighted by atomic mass is 32.2. The Hall–Kier alpha value is -6.60. The minimum Gasteiger partial charge on any atom is -0.493 e. The lowest BCUT2D eigenvalue weighted by Crippen LogP contribution is -2.60. The highest BCUT2D eigenvalue weighted by Crippen LogP contribution is 2.53. The lowest BCUT2D eigenvalue weighted by Gasteiger charge is -2.58. The number of nitro groups is 1. The normalized spacial score (nSPS) is 22.1. The highest BCUT2D eigenvalue weighted by molar-refractivity contribution is 7.90. The van der Waals surface area contributed by atoms with Crippen molar-refractivity contribution in [2.75, 3.05) is 56.1 Å². The fourth-order valence-electron chi connectivity index (χ4n) is 12.5. The van der Waals surface area contributed by atoms with Crippen LogP contribution in [0, 0.1) is 27.3 Å². The third-order valence-electron chi connectivity index (χ3n) is 17.0. The van der Waals surface area contributed by atoms with E-state index < -0.39 is 42.9 Å². The first-order valence-corrected chi connectivity index (χ1v) is 28.3. The lowest BCUT2D eigenvalue weighted by atomic mass is 9.59. The first-order chi connectivity index (χ1) is 36.5. The Morgan fingerprint density at radius 3 is 2.57 bits per heavy atom. The zero-order valence-electron chi connectivity index (χ0n) is 43.4. The molecule has 11 rings (SSSR count). The molecule has 1 atom stereocenters. The maximum absolute atomic E-state index is 14.7. The monoisotopic (exact) mass is 1050 g/mol. The number of ether oxygens (including phenoxy) is 2. The van der Waals surface area contributed by atoms with Crippen LogP contribution >= 0.6 is 0 Å². The summed E-state index contributed by atoms with van der Waals surface area (Å²) in [6.45, 7) is 12.9. The third-order valence-corrected chi connectivity index (χ3v) is 18.3. The van der Waals surface area contributed by atoms with Crippen LogP contribution in [0.15, 0.2) is 102 Å². The number of H-pyrrole nitrogens is 1. The first-order valence-electron chi connectivity index (χ1n) is 26.8. The number of piperazine rings is 1. The minimum absolute atomic E-state index is 0.0254. The fourth-order valence-corrected chi connectivity index (χ4v) is 13.5. The summed E-state index contributed by atoms with van der Waals surface area (Å²) in [7, 11) is -4.64. The molecule has 3 aliphatic heterocycles. The van der Waals surface area contributed by atoms with Gasteiger partial charge >= 0.3 is 0 Å². The van der Waals surface area contributed by atoms with Crippen LogP contribution in [0.5, 0.6) is 17.2 Å². The van der Waals surface area contributed by atoms with Gasteiger partial charge in [-0.05, 0) is 134 Å². The van der Waals surface area contributed by atoms with Gasteiger partial charge in [0.1, 0.15) is 34.4 Å². The summed E-state index contributed by atoms with van der Waals surface area (Å²) in [5.74, 6) is 0.206. The molecule has 400 valence electrons. The van der Waals surface area contributed by atoms with E-state index in [2.05, 4.69) is 91.0 Å². The Morgan fingerprint density at radius 2 is 1.79 bits per heavy atom. The van der Waals surface area contributed by atoms with Crippen LogP contribution in [0.3, 0.4) is 0 Å². The summed E-state index contributed by atoms with van der Waals surface area (Å²) in [5, 5.41) is 25.9. The van der Waals surface area contributed by atoms with Crippen LogP contribution in [-0.2, 0) is 23.0 Å². The van der Waals surface area contributed by atoms with Crippen LogP contribution in [0.4, 0.5) is 21.5 Å². The minimum atomic E-state index is -4.64. The number of hydrogen-bond donors (Lipinski definition) is 4. The number of carbonyl (C=O) groups excluding carboxylic acids is 1. The number of sulfonamides is 1. The maximum Gasteiger partial charge on any atom is 0.293 e. The molecule has 5 heterocycles. The largest absolute Gasteiger partial charge is 0.493 e. The number of aliphatic hydroxyl groups is 1. The SMILES string of the molecule is CC(C)c1ccccc1[C@@H]1CN(Cc2ccc3c(c2)OCC3)CCN1C1CC2(CCN(c3ccc(C(=O)NS(=O)(=O)c4ccc(NCC5CCC(C)(O)CC5)c([N+](=O)[O-])c4)c(Oc4cnc5[nH]cc(F)c5c4)c3)CC2)C1. The molecule has 18 heteroatoms. The number of nitrogens with one attached hydrogen (secondary N) is 3. The number of rotatable bonds is 15. The predicted molar refractivity (Wildman–Crippen MR) is 289 cm³/mol. The van der Waals surface area contributed by atoms with Crippen molar-refractivity contribution < 1.29 is 37.1 Å². The molecule has 2 saturated heterocycles. The quantitative estimate of drug-likeness (QED) is 0.0561. The Balaban J connectivity index is 0.784. The topological polar surface area (TPSA) is 195 Å². The van der Waals surface area contributed by atoms with Gasteiger partial charge in [-0.1, -0.05) is 50.2 Å². The average Bonchev–Trinajstić information content (AvgIpc) is 4.03. The molecule has 4 aromatic carbocycles. The molecule has 4 N–H and O–H groups in total. The number of aromatic nitrogens is 2. The predicted octanol–water partition coefficient (Wildman–Crippen LogP) is 10.2. The van der Waals surface area contributed by atoms with Gasteiger partial charge in [0.05, 0.1) is 39.2 Å². The van der Waals surface area contributed by atoms with E-state index in [9.17, 15) is 32.8 Å². The van der Waals surface area contributed by atoms with Crippen molar-refractivity contribution in [2.24, 2.45) is 11.3 Å². The molecule has 1 amide bonds. The van der Waals surface area contributed by atoms with Crippen molar-refractivity contribution in [3.8, 4) is 17.2 Å². The summed E-state index contributed by atoms with van der Waals surface area (Å²) < 4.78 is 56.8. The summed E-state index contributed by atoms with van der Waals surface area (Å²) in [6, 6.07) is 26.3. The van der Waals surface area contributed by atoms with Crippen molar-refractivity contribution in [1.82, 2.24) is 24.5 Å². The summed E-state index contributed by atoms with van der Waals surface area (Å²) in [6.07, 6.45) is 10.5. The van der Waals surface area contributed by atoms with Crippen molar-refractivity contribution in [2.45, 2.75) is 114 Å². The van der Waals surface area contributed by atoms with Gasteiger partial charge in [-0.3, -0.25) is 24.7 Å². The van der Waals surface area contributed by atoms with Gasteiger partial charge in [-0.25, -0.2) is 22.5 Å². The van der Waals surface area contributed by atoms with Crippen LogP contribution < -0.4 is 24.4 Å². The van der Waals surface area contributed by atoms with Crippen molar-refractivity contribution in [3.63, 3.8) is 0 Å². The van der Waals surface area contributed by atoms with Gasteiger partial charge in [0.15, 0.2) is 0 Å². The summed E-state index contributed by atoms with van der Waals surface area (Å²) in [4.78, 5) is 40.0. The van der Waals surface area contributed by atoms with Crippen LogP contribution in [0.1, 0.15) is 117 Å². The molecular weight excluding hydrogens is 988 g/mol. The van der Waals surface area contributed by atoms with E-state index in [1.54, 1.807) is 19.1 Å². The van der Waals surface area contributed by atoms with Crippen LogP contribution in [-0.4, -0.2) is 102 Å². The zero-order chi connectivity index (χ0) is 52.9. The average molecular weight is 1060 g/mol. The number of halogens is 1. The molecule has 0 bridgehead atoms. The number of pyridine rings is 1. The van der Waals surface area contributed by atoms with Gasteiger partial charge < -0.3 is 29.8 Å². The summed E-state index contributed by atoms with van der Waals surface area (Å²) >= 11 is 0. The molecule has 6 aromatic rings. The molecule has 4 fully saturated rings. The number of amides is 1. The number of nitrogens with zero attached hydrogens (tertiary/aromatic N) is 5. The van der Waals surface area contributed by atoms with Gasteiger partial charge in [-0.2, -0.15) is 0 Å². The molecule has 76 heavy (non-hydrogen) atoms. The van der Waals surface area contributed by atoms with E-state index >= 15 is 0 Å². The van der Waals surface area contributed by atoms with Gasteiger partial charge in [-0.15, -0.1) is 0 Å². The maximum atomic E-state index is 14.7. The van der Waals surface area contributed by atoms with E-state index in [0.717, 1.165) is 108 Å². The molecule has 0 radical (unpaired) electrons. The summed E-state index contributed by atoms with van der Waals surface area (Å²) in [5.41, 5.74) is 5.53. The number of carbonyl (C=O) groups is 1.